The Bertz CT molecular complexity index is 836. The molecule has 168 valence electrons. The van der Waals surface area contributed by atoms with E-state index in [-0.39, 0.29) is 5.91 Å². The van der Waals surface area contributed by atoms with Crippen LogP contribution in [0.25, 0.3) is 6.08 Å². The molecule has 0 fully saturated rings. The minimum absolute atomic E-state index is 0.0274. The molecule has 0 aliphatic heterocycles. The third-order valence-corrected chi connectivity index (χ3v) is 4.86. The van der Waals surface area contributed by atoms with Gasteiger partial charge in [-0.3, -0.25) is 4.79 Å². The van der Waals surface area contributed by atoms with Crippen LogP contribution in [0.4, 0.5) is 0 Å². The number of hydrogen-bond acceptors (Lipinski definition) is 5. The molecule has 0 heterocycles. The maximum Gasteiger partial charge on any atom is 0.223 e. The summed E-state index contributed by atoms with van der Waals surface area (Å²) in [5.41, 5.74) is 2.20. The van der Waals surface area contributed by atoms with Gasteiger partial charge in [-0.1, -0.05) is 36.4 Å². The summed E-state index contributed by atoms with van der Waals surface area (Å²) in [7, 11) is 4.94. The van der Waals surface area contributed by atoms with Gasteiger partial charge >= 0.3 is 0 Å². The molecule has 0 aliphatic carbocycles. The summed E-state index contributed by atoms with van der Waals surface area (Å²) in [5, 5.41) is 6.37. The SMILES string of the molecule is COc1ccccc1/C=C/CC(=O)NCCCNCCCc1ccc(OC)c(OC)c1. The standard InChI is InChI=1S/C25H34N2O4/c1-29-22-12-5-4-10-21(22)11-6-13-25(28)27-18-8-17-26-16-7-9-20-14-15-23(30-2)24(19-20)31-3/h4-6,10-12,14-15,19,26H,7-9,13,16-18H2,1-3H3,(H,27,28)/b11-6+. The Morgan fingerprint density at radius 2 is 1.61 bits per heavy atom. The van der Waals surface area contributed by atoms with E-state index in [1.807, 2.05) is 48.6 Å². The molecular weight excluding hydrogens is 392 g/mol. The molecule has 0 spiro atoms. The van der Waals surface area contributed by atoms with E-state index in [1.165, 1.54) is 5.56 Å². The lowest BCUT2D eigenvalue weighted by atomic mass is 10.1. The second kappa shape index (κ2) is 14.1. The number of para-hydroxylation sites is 1. The summed E-state index contributed by atoms with van der Waals surface area (Å²) in [6.07, 6.45) is 7.05. The van der Waals surface area contributed by atoms with Crippen LogP contribution in [-0.4, -0.2) is 46.9 Å². The fourth-order valence-corrected chi connectivity index (χ4v) is 3.19. The van der Waals surface area contributed by atoms with Gasteiger partial charge in [0.05, 0.1) is 21.3 Å². The number of amides is 1. The van der Waals surface area contributed by atoms with Gasteiger partial charge in [-0.2, -0.15) is 0 Å². The van der Waals surface area contributed by atoms with Crippen LogP contribution in [0.5, 0.6) is 17.2 Å². The Kier molecular flexibility index (Phi) is 11.0. The molecule has 2 N–H and O–H groups in total. The number of carbonyl (C=O) groups excluding carboxylic acids is 1. The van der Waals surface area contributed by atoms with Crippen molar-refractivity contribution in [1.82, 2.24) is 10.6 Å². The number of ether oxygens (including phenoxy) is 3. The van der Waals surface area contributed by atoms with E-state index in [0.29, 0.717) is 13.0 Å². The first-order valence-corrected chi connectivity index (χ1v) is 10.7. The molecule has 0 radical (unpaired) electrons. The highest BCUT2D eigenvalue weighted by Crippen LogP contribution is 2.27. The lowest BCUT2D eigenvalue weighted by Gasteiger charge is -2.10. The summed E-state index contributed by atoms with van der Waals surface area (Å²) >= 11 is 0. The average Bonchev–Trinajstić information content (AvgIpc) is 2.80. The summed E-state index contributed by atoms with van der Waals surface area (Å²) in [6, 6.07) is 13.8. The second-order valence-electron chi connectivity index (χ2n) is 7.09. The highest BCUT2D eigenvalue weighted by molar-refractivity contribution is 5.78. The molecule has 1 amide bonds. The molecule has 0 aliphatic rings. The zero-order valence-electron chi connectivity index (χ0n) is 18.8. The fourth-order valence-electron chi connectivity index (χ4n) is 3.19. The number of aryl methyl sites for hydroxylation is 1. The van der Waals surface area contributed by atoms with Crippen molar-refractivity contribution in [2.75, 3.05) is 41.0 Å². The van der Waals surface area contributed by atoms with Gasteiger partial charge in [-0.25, -0.2) is 0 Å². The molecule has 0 bridgehead atoms. The largest absolute Gasteiger partial charge is 0.496 e. The normalized spacial score (nSPS) is 10.8. The molecule has 2 rings (SSSR count). The molecule has 6 heteroatoms. The van der Waals surface area contributed by atoms with E-state index >= 15 is 0 Å². The third-order valence-electron chi connectivity index (χ3n) is 4.86. The molecule has 6 nitrogen and oxygen atoms in total. The summed E-state index contributed by atoms with van der Waals surface area (Å²) in [5.74, 6) is 2.35. The number of hydrogen-bond donors (Lipinski definition) is 2. The Labute approximate surface area is 185 Å². The van der Waals surface area contributed by atoms with Gasteiger partial charge in [0.15, 0.2) is 11.5 Å². The van der Waals surface area contributed by atoms with Crippen molar-refractivity contribution in [3.05, 3.63) is 59.7 Å². The molecule has 2 aromatic carbocycles. The summed E-state index contributed by atoms with van der Waals surface area (Å²) < 4.78 is 15.9. The first kappa shape index (κ1) is 24.3. The quantitative estimate of drug-likeness (QED) is 0.449. The molecule has 0 aromatic heterocycles. The number of methoxy groups -OCH3 is 3. The zero-order chi connectivity index (χ0) is 22.3. The van der Waals surface area contributed by atoms with Crippen LogP contribution >= 0.6 is 0 Å². The van der Waals surface area contributed by atoms with E-state index < -0.39 is 0 Å². The monoisotopic (exact) mass is 426 g/mol. The fraction of sp³-hybridized carbons (Fsp3) is 0.400. The summed E-state index contributed by atoms with van der Waals surface area (Å²) in [4.78, 5) is 11.9. The average molecular weight is 427 g/mol. The topological polar surface area (TPSA) is 68.8 Å². The smallest absolute Gasteiger partial charge is 0.223 e. The first-order chi connectivity index (χ1) is 15.2. The highest BCUT2D eigenvalue weighted by Gasteiger charge is 2.04. The van der Waals surface area contributed by atoms with Crippen LogP contribution in [0.15, 0.2) is 48.5 Å². The number of rotatable bonds is 14. The lowest BCUT2D eigenvalue weighted by molar-refractivity contribution is -0.120. The lowest BCUT2D eigenvalue weighted by Crippen LogP contribution is -2.27. The van der Waals surface area contributed by atoms with E-state index in [1.54, 1.807) is 21.3 Å². The van der Waals surface area contributed by atoms with Gasteiger partial charge in [-0.05, 0) is 56.1 Å². The molecule has 0 saturated heterocycles. The first-order valence-electron chi connectivity index (χ1n) is 10.7. The van der Waals surface area contributed by atoms with Crippen LogP contribution in [0.3, 0.4) is 0 Å². The maximum atomic E-state index is 11.9. The van der Waals surface area contributed by atoms with Crippen LogP contribution in [-0.2, 0) is 11.2 Å². The van der Waals surface area contributed by atoms with Gasteiger partial charge in [-0.15, -0.1) is 0 Å². The second-order valence-corrected chi connectivity index (χ2v) is 7.09. The molecule has 0 unspecified atom stereocenters. The van der Waals surface area contributed by atoms with Crippen LogP contribution in [0, 0.1) is 0 Å². The number of carbonyl (C=O) groups is 1. The molecule has 0 atom stereocenters. The zero-order valence-corrected chi connectivity index (χ0v) is 18.8. The number of nitrogens with one attached hydrogen (secondary N) is 2. The van der Waals surface area contributed by atoms with Crippen molar-refractivity contribution in [1.29, 1.82) is 0 Å². The van der Waals surface area contributed by atoms with Gasteiger partial charge in [0.1, 0.15) is 5.75 Å². The minimum atomic E-state index is 0.0274. The van der Waals surface area contributed by atoms with Crippen molar-refractivity contribution < 1.29 is 19.0 Å². The van der Waals surface area contributed by atoms with Crippen molar-refractivity contribution in [3.8, 4) is 17.2 Å². The van der Waals surface area contributed by atoms with Gasteiger partial charge < -0.3 is 24.8 Å². The summed E-state index contributed by atoms with van der Waals surface area (Å²) in [6.45, 7) is 2.48. The maximum absolute atomic E-state index is 11.9. The van der Waals surface area contributed by atoms with E-state index in [2.05, 4.69) is 16.7 Å². The van der Waals surface area contributed by atoms with Crippen molar-refractivity contribution >= 4 is 12.0 Å². The molecule has 31 heavy (non-hydrogen) atoms. The Morgan fingerprint density at radius 1 is 0.871 bits per heavy atom. The predicted molar refractivity (Wildman–Crippen MR) is 125 cm³/mol. The van der Waals surface area contributed by atoms with E-state index in [4.69, 9.17) is 14.2 Å². The van der Waals surface area contributed by atoms with E-state index in [0.717, 1.165) is 55.2 Å². The molecular formula is C25H34N2O4. The van der Waals surface area contributed by atoms with Gasteiger partial charge in [0, 0.05) is 18.5 Å². The Morgan fingerprint density at radius 3 is 2.39 bits per heavy atom. The van der Waals surface area contributed by atoms with Crippen molar-refractivity contribution in [3.63, 3.8) is 0 Å². The molecule has 0 saturated carbocycles. The van der Waals surface area contributed by atoms with Crippen molar-refractivity contribution in [2.45, 2.75) is 25.7 Å². The van der Waals surface area contributed by atoms with Gasteiger partial charge in [0.25, 0.3) is 0 Å². The predicted octanol–water partition coefficient (Wildman–Crippen LogP) is 3.84. The minimum Gasteiger partial charge on any atom is -0.496 e. The van der Waals surface area contributed by atoms with Crippen LogP contribution < -0.4 is 24.8 Å². The van der Waals surface area contributed by atoms with Gasteiger partial charge in [0.2, 0.25) is 5.91 Å². The third kappa shape index (κ3) is 8.72. The van der Waals surface area contributed by atoms with Crippen LogP contribution in [0.2, 0.25) is 0 Å². The molecule has 2 aromatic rings. The van der Waals surface area contributed by atoms with Crippen LogP contribution in [0.1, 0.15) is 30.4 Å². The van der Waals surface area contributed by atoms with E-state index in [9.17, 15) is 4.79 Å². The van der Waals surface area contributed by atoms with Crippen molar-refractivity contribution in [2.24, 2.45) is 0 Å². The number of benzene rings is 2. The highest BCUT2D eigenvalue weighted by atomic mass is 16.5. The Balaban J connectivity index is 1.53. The Hall–Kier alpha value is -2.99.